The number of ether oxygens (including phenoxy) is 2. The molecule has 0 aliphatic rings. The first-order valence-corrected chi connectivity index (χ1v) is 11.7. The lowest BCUT2D eigenvalue weighted by Gasteiger charge is -2.10. The zero-order valence-electron chi connectivity index (χ0n) is 17.4. The quantitative estimate of drug-likeness (QED) is 0.270. The van der Waals surface area contributed by atoms with Crippen LogP contribution in [0.1, 0.15) is 35.7 Å². The van der Waals surface area contributed by atoms with Gasteiger partial charge in [-0.2, -0.15) is 0 Å². The maximum absolute atomic E-state index is 12.6. The van der Waals surface area contributed by atoms with E-state index in [9.17, 15) is 9.59 Å². The summed E-state index contributed by atoms with van der Waals surface area (Å²) in [6.07, 6.45) is 0.861. The number of aryl methyl sites for hydroxylation is 1. The fraction of sp³-hybridized carbons (Fsp3) is 0.250. The highest BCUT2D eigenvalue weighted by Crippen LogP contribution is 2.36. The Labute approximate surface area is 194 Å². The lowest BCUT2D eigenvalue weighted by molar-refractivity contribution is -0.116. The van der Waals surface area contributed by atoms with Crippen molar-refractivity contribution in [1.29, 1.82) is 0 Å². The lowest BCUT2D eigenvalue weighted by Crippen LogP contribution is -2.15. The van der Waals surface area contributed by atoms with Crippen molar-refractivity contribution in [2.45, 2.75) is 26.7 Å². The van der Waals surface area contributed by atoms with E-state index in [2.05, 4.69) is 21.2 Å². The van der Waals surface area contributed by atoms with Gasteiger partial charge in [-0.05, 0) is 49.6 Å². The Kier molecular flexibility index (Phi) is 8.26. The monoisotopic (exact) mass is 501 g/mol. The molecule has 0 spiro atoms. The standard InChI is InChI=1S/C24H24BrNO4S/c1-3-29-24(28)22-19(17-10-12-18(25)13-11-17)15-31-23(22)26-21(27)9-6-14-30-20-8-5-4-7-16(20)2/h4-5,7-8,10-13,15H,3,6,9,14H2,1-2H3,(H,26,27). The number of halogens is 1. The van der Waals surface area contributed by atoms with Gasteiger partial charge >= 0.3 is 5.97 Å². The highest BCUT2D eigenvalue weighted by molar-refractivity contribution is 9.10. The number of rotatable bonds is 9. The van der Waals surface area contributed by atoms with Gasteiger partial charge in [-0.15, -0.1) is 11.3 Å². The first-order valence-electron chi connectivity index (χ1n) is 10.0. The highest BCUT2D eigenvalue weighted by Gasteiger charge is 2.22. The number of thiophene rings is 1. The second-order valence-electron chi connectivity index (χ2n) is 6.85. The first-order chi connectivity index (χ1) is 15.0. The molecule has 0 atom stereocenters. The molecule has 0 aliphatic carbocycles. The van der Waals surface area contributed by atoms with Crippen molar-refractivity contribution in [2.24, 2.45) is 0 Å². The van der Waals surface area contributed by atoms with Gasteiger partial charge < -0.3 is 14.8 Å². The number of carbonyl (C=O) groups is 2. The summed E-state index contributed by atoms with van der Waals surface area (Å²) < 4.78 is 11.9. The van der Waals surface area contributed by atoms with Gasteiger partial charge in [0.2, 0.25) is 5.91 Å². The summed E-state index contributed by atoms with van der Waals surface area (Å²) in [7, 11) is 0. The van der Waals surface area contributed by atoms with Gasteiger partial charge in [-0.25, -0.2) is 4.79 Å². The fourth-order valence-corrected chi connectivity index (χ4v) is 4.26. The first kappa shape index (κ1) is 23.0. The SMILES string of the molecule is CCOC(=O)c1c(-c2ccc(Br)cc2)csc1NC(=O)CCCOc1ccccc1C. The van der Waals surface area contributed by atoms with Crippen LogP contribution in [0, 0.1) is 6.92 Å². The minimum absolute atomic E-state index is 0.164. The van der Waals surface area contributed by atoms with E-state index < -0.39 is 5.97 Å². The highest BCUT2D eigenvalue weighted by atomic mass is 79.9. The molecule has 5 nitrogen and oxygen atoms in total. The molecule has 1 amide bonds. The second kappa shape index (κ2) is 11.1. The third-order valence-corrected chi connectivity index (χ3v) is 6.00. The molecule has 2 aromatic carbocycles. The summed E-state index contributed by atoms with van der Waals surface area (Å²) in [5.74, 6) is 0.216. The van der Waals surface area contributed by atoms with E-state index in [0.717, 1.165) is 26.9 Å². The molecule has 1 aromatic heterocycles. The second-order valence-corrected chi connectivity index (χ2v) is 8.64. The van der Waals surface area contributed by atoms with Crippen LogP contribution in [-0.2, 0) is 9.53 Å². The predicted molar refractivity (Wildman–Crippen MR) is 128 cm³/mol. The Hall–Kier alpha value is -2.64. The lowest BCUT2D eigenvalue weighted by atomic mass is 10.0. The molecule has 0 radical (unpaired) electrons. The van der Waals surface area contributed by atoms with Gasteiger partial charge in [0.1, 0.15) is 16.3 Å². The zero-order valence-corrected chi connectivity index (χ0v) is 19.8. The molecule has 3 aromatic rings. The summed E-state index contributed by atoms with van der Waals surface area (Å²) in [6, 6.07) is 15.4. The maximum Gasteiger partial charge on any atom is 0.341 e. The third-order valence-electron chi connectivity index (χ3n) is 4.58. The third kappa shape index (κ3) is 6.18. The summed E-state index contributed by atoms with van der Waals surface area (Å²) in [6.45, 7) is 4.45. The Balaban J connectivity index is 1.66. The summed E-state index contributed by atoms with van der Waals surface area (Å²) in [5, 5.41) is 5.24. The van der Waals surface area contributed by atoms with Crippen molar-refractivity contribution < 1.29 is 19.1 Å². The number of carbonyl (C=O) groups excluding carboxylic acids is 2. The van der Waals surface area contributed by atoms with E-state index in [1.165, 1.54) is 11.3 Å². The minimum Gasteiger partial charge on any atom is -0.493 e. The Morgan fingerprint density at radius 2 is 1.84 bits per heavy atom. The maximum atomic E-state index is 12.6. The smallest absolute Gasteiger partial charge is 0.341 e. The van der Waals surface area contributed by atoms with E-state index in [0.29, 0.717) is 30.0 Å². The van der Waals surface area contributed by atoms with Crippen LogP contribution >= 0.6 is 27.3 Å². The molecule has 0 fully saturated rings. The number of para-hydroxylation sites is 1. The van der Waals surface area contributed by atoms with Crippen molar-refractivity contribution >= 4 is 44.1 Å². The van der Waals surface area contributed by atoms with Crippen LogP contribution in [0.2, 0.25) is 0 Å². The molecule has 1 heterocycles. The number of amides is 1. The van der Waals surface area contributed by atoms with E-state index in [4.69, 9.17) is 9.47 Å². The van der Waals surface area contributed by atoms with E-state index in [1.54, 1.807) is 6.92 Å². The number of nitrogens with one attached hydrogen (secondary N) is 1. The average Bonchev–Trinajstić information content (AvgIpc) is 3.16. The number of hydrogen-bond acceptors (Lipinski definition) is 5. The number of anilines is 1. The predicted octanol–water partition coefficient (Wildman–Crippen LogP) is 6.46. The topological polar surface area (TPSA) is 64.6 Å². The van der Waals surface area contributed by atoms with Crippen molar-refractivity contribution in [2.75, 3.05) is 18.5 Å². The van der Waals surface area contributed by atoms with Gasteiger partial charge in [0.05, 0.1) is 13.2 Å². The molecule has 162 valence electrons. The number of esters is 1. The normalized spacial score (nSPS) is 10.5. The molecule has 7 heteroatoms. The summed E-state index contributed by atoms with van der Waals surface area (Å²) in [4.78, 5) is 25.1. The van der Waals surface area contributed by atoms with E-state index in [1.807, 2.05) is 60.8 Å². The fourth-order valence-electron chi connectivity index (χ4n) is 3.02. The zero-order chi connectivity index (χ0) is 22.2. The molecule has 0 unspecified atom stereocenters. The van der Waals surface area contributed by atoms with Crippen LogP contribution in [0.5, 0.6) is 5.75 Å². The van der Waals surface area contributed by atoms with Crippen molar-refractivity contribution in [1.82, 2.24) is 0 Å². The molecule has 0 bridgehead atoms. The Morgan fingerprint density at radius 3 is 2.55 bits per heavy atom. The van der Waals surface area contributed by atoms with E-state index >= 15 is 0 Å². The molecule has 1 N–H and O–H groups in total. The Bertz CT molecular complexity index is 1050. The van der Waals surface area contributed by atoms with Gasteiger partial charge in [0.15, 0.2) is 0 Å². The van der Waals surface area contributed by atoms with Gasteiger partial charge in [0, 0.05) is 21.8 Å². The largest absolute Gasteiger partial charge is 0.493 e. The van der Waals surface area contributed by atoms with Gasteiger partial charge in [0.25, 0.3) is 0 Å². The number of benzene rings is 2. The van der Waals surface area contributed by atoms with Crippen molar-refractivity contribution in [3.05, 3.63) is 69.5 Å². The van der Waals surface area contributed by atoms with Crippen LogP contribution in [0.4, 0.5) is 5.00 Å². The van der Waals surface area contributed by atoms with Crippen molar-refractivity contribution in [3.63, 3.8) is 0 Å². The van der Waals surface area contributed by atoms with Crippen LogP contribution in [0.15, 0.2) is 58.4 Å². The van der Waals surface area contributed by atoms with Crippen LogP contribution in [-0.4, -0.2) is 25.1 Å². The van der Waals surface area contributed by atoms with Crippen LogP contribution in [0.3, 0.4) is 0 Å². The van der Waals surface area contributed by atoms with Crippen LogP contribution < -0.4 is 10.1 Å². The number of hydrogen-bond donors (Lipinski definition) is 1. The van der Waals surface area contributed by atoms with Gasteiger partial charge in [-0.1, -0.05) is 46.3 Å². The van der Waals surface area contributed by atoms with Crippen molar-refractivity contribution in [3.8, 4) is 16.9 Å². The van der Waals surface area contributed by atoms with Gasteiger partial charge in [-0.3, -0.25) is 4.79 Å². The molecular formula is C24H24BrNO4S. The van der Waals surface area contributed by atoms with E-state index in [-0.39, 0.29) is 12.5 Å². The molecule has 0 aliphatic heterocycles. The molecule has 3 rings (SSSR count). The summed E-state index contributed by atoms with van der Waals surface area (Å²) in [5.41, 5.74) is 3.08. The average molecular weight is 502 g/mol. The molecule has 0 saturated carbocycles. The summed E-state index contributed by atoms with van der Waals surface area (Å²) >= 11 is 4.74. The molecular weight excluding hydrogens is 478 g/mol. The molecule has 31 heavy (non-hydrogen) atoms. The van der Waals surface area contributed by atoms with Crippen LogP contribution in [0.25, 0.3) is 11.1 Å². The minimum atomic E-state index is -0.445. The Morgan fingerprint density at radius 1 is 1.10 bits per heavy atom. The molecule has 0 saturated heterocycles.